The third kappa shape index (κ3) is 5.74. The molecule has 0 saturated carbocycles. The van der Waals surface area contributed by atoms with Gasteiger partial charge in [0.15, 0.2) is 0 Å². The van der Waals surface area contributed by atoms with Crippen molar-refractivity contribution in [3.05, 3.63) is 108 Å². The van der Waals surface area contributed by atoms with E-state index in [2.05, 4.69) is 5.32 Å². The smallest absolute Gasteiger partial charge is 0.253 e. The van der Waals surface area contributed by atoms with Crippen molar-refractivity contribution >= 4 is 32.4 Å². The Balaban J connectivity index is 1.43. The molecule has 4 aromatic rings. The summed E-state index contributed by atoms with van der Waals surface area (Å²) < 4.78 is 32.2. The van der Waals surface area contributed by atoms with Gasteiger partial charge in [-0.05, 0) is 40.6 Å². The number of carbonyl (C=O) groups excluding carboxylic acids is 1. The molecule has 0 aliphatic heterocycles. The van der Waals surface area contributed by atoms with Crippen LogP contribution in [0.3, 0.4) is 0 Å². The number of nitrogens with one attached hydrogen (secondary N) is 1. The number of hydrogen-bond donors (Lipinski definition) is 1. The number of amides is 1. The maximum atomic E-state index is 12.9. The molecule has 1 amide bonds. The summed E-state index contributed by atoms with van der Waals surface area (Å²) in [4.78, 5) is 12.9. The molecule has 0 fully saturated rings. The number of hydrogen-bond acceptors (Lipinski definition) is 4. The van der Waals surface area contributed by atoms with Gasteiger partial charge in [0, 0.05) is 0 Å². The van der Waals surface area contributed by atoms with E-state index in [4.69, 9.17) is 4.74 Å². The average molecular weight is 475 g/mol. The number of benzene rings is 4. The van der Waals surface area contributed by atoms with Crippen LogP contribution in [-0.4, -0.2) is 33.7 Å². The molecular formula is C27H26N2O4S. The first-order valence-corrected chi connectivity index (χ1v) is 12.8. The zero-order chi connectivity index (χ0) is 24.0. The van der Waals surface area contributed by atoms with E-state index in [9.17, 15) is 13.2 Å². The second-order valence-corrected chi connectivity index (χ2v) is 9.79. The zero-order valence-electron chi connectivity index (χ0n) is 18.8. The highest BCUT2D eigenvalue weighted by molar-refractivity contribution is 7.92. The molecule has 0 radical (unpaired) electrons. The standard InChI is InChI=1S/C27H26N2O4S/c1-34(31,32)29(20-21-9-3-2-4-10-21)26-14-8-7-13-25(26)27(30)28-17-18-33-24-16-15-22-11-5-6-12-23(22)19-24/h2-16,19H,17-18,20H2,1H3,(H,28,30). The minimum Gasteiger partial charge on any atom is -0.492 e. The Kier molecular flexibility index (Phi) is 7.13. The Morgan fingerprint density at radius 3 is 2.29 bits per heavy atom. The SMILES string of the molecule is CS(=O)(=O)N(Cc1ccccc1)c1ccccc1C(=O)NCCOc1ccc2ccccc2c1. The molecule has 34 heavy (non-hydrogen) atoms. The molecule has 0 heterocycles. The first kappa shape index (κ1) is 23.3. The van der Waals surface area contributed by atoms with Gasteiger partial charge in [0.25, 0.3) is 5.91 Å². The predicted molar refractivity (Wildman–Crippen MR) is 136 cm³/mol. The van der Waals surface area contributed by atoms with Gasteiger partial charge in [0.05, 0.1) is 30.6 Å². The third-order valence-corrected chi connectivity index (χ3v) is 6.49. The molecule has 0 aliphatic rings. The maximum Gasteiger partial charge on any atom is 0.253 e. The van der Waals surface area contributed by atoms with Crippen LogP contribution in [-0.2, 0) is 16.6 Å². The fraction of sp³-hybridized carbons (Fsp3) is 0.148. The molecule has 0 atom stereocenters. The lowest BCUT2D eigenvalue weighted by Gasteiger charge is -2.24. The minimum absolute atomic E-state index is 0.134. The number of carbonyl (C=O) groups is 1. The van der Waals surface area contributed by atoms with Crippen LogP contribution in [0.4, 0.5) is 5.69 Å². The van der Waals surface area contributed by atoms with E-state index in [0.29, 0.717) is 5.69 Å². The lowest BCUT2D eigenvalue weighted by molar-refractivity contribution is 0.0947. The van der Waals surface area contributed by atoms with Gasteiger partial charge in [0.1, 0.15) is 12.4 Å². The van der Waals surface area contributed by atoms with Crippen molar-refractivity contribution in [2.24, 2.45) is 0 Å². The van der Waals surface area contributed by atoms with E-state index >= 15 is 0 Å². The molecule has 0 spiro atoms. The number of fused-ring (bicyclic) bond motifs is 1. The summed E-state index contributed by atoms with van der Waals surface area (Å²) in [5, 5.41) is 5.04. The molecule has 6 nitrogen and oxygen atoms in total. The molecular weight excluding hydrogens is 448 g/mol. The molecule has 7 heteroatoms. The van der Waals surface area contributed by atoms with Gasteiger partial charge in [0.2, 0.25) is 10.0 Å². The summed E-state index contributed by atoms with van der Waals surface area (Å²) in [6, 6.07) is 29.8. The first-order chi connectivity index (χ1) is 16.4. The fourth-order valence-corrected chi connectivity index (χ4v) is 4.60. The van der Waals surface area contributed by atoms with Crippen molar-refractivity contribution < 1.29 is 17.9 Å². The molecule has 0 unspecified atom stereocenters. The highest BCUT2D eigenvalue weighted by atomic mass is 32.2. The number of rotatable bonds is 9. The van der Waals surface area contributed by atoms with Gasteiger partial charge in [-0.15, -0.1) is 0 Å². The van der Waals surface area contributed by atoms with Crippen molar-refractivity contribution in [2.75, 3.05) is 23.7 Å². The summed E-state index contributed by atoms with van der Waals surface area (Å²) in [5.74, 6) is 0.360. The van der Waals surface area contributed by atoms with Crippen LogP contribution in [0.1, 0.15) is 15.9 Å². The first-order valence-electron chi connectivity index (χ1n) is 10.9. The van der Waals surface area contributed by atoms with E-state index in [1.165, 1.54) is 4.31 Å². The summed E-state index contributed by atoms with van der Waals surface area (Å²) in [5.41, 5.74) is 1.45. The quantitative estimate of drug-likeness (QED) is 0.359. The van der Waals surface area contributed by atoms with Crippen molar-refractivity contribution in [2.45, 2.75) is 6.54 Å². The summed E-state index contributed by atoms with van der Waals surface area (Å²) in [7, 11) is -3.62. The predicted octanol–water partition coefficient (Wildman–Crippen LogP) is 4.61. The van der Waals surface area contributed by atoms with Gasteiger partial charge in [-0.1, -0.05) is 72.8 Å². The number of para-hydroxylation sites is 1. The van der Waals surface area contributed by atoms with Gasteiger partial charge in [-0.25, -0.2) is 8.42 Å². The van der Waals surface area contributed by atoms with Crippen LogP contribution < -0.4 is 14.4 Å². The molecule has 0 saturated heterocycles. The van der Waals surface area contributed by atoms with Gasteiger partial charge in [-0.3, -0.25) is 9.10 Å². The molecule has 0 bridgehead atoms. The van der Waals surface area contributed by atoms with Crippen LogP contribution in [0.2, 0.25) is 0 Å². The van der Waals surface area contributed by atoms with Gasteiger partial charge < -0.3 is 10.1 Å². The Morgan fingerprint density at radius 2 is 1.53 bits per heavy atom. The van der Waals surface area contributed by atoms with E-state index in [0.717, 1.165) is 28.3 Å². The van der Waals surface area contributed by atoms with Crippen LogP contribution in [0.15, 0.2) is 97.1 Å². The minimum atomic E-state index is -3.62. The monoisotopic (exact) mass is 474 g/mol. The van der Waals surface area contributed by atoms with Crippen molar-refractivity contribution in [1.82, 2.24) is 5.32 Å². The van der Waals surface area contributed by atoms with Gasteiger partial charge in [-0.2, -0.15) is 0 Å². The number of ether oxygens (including phenoxy) is 1. The van der Waals surface area contributed by atoms with Crippen LogP contribution in [0, 0.1) is 0 Å². The summed E-state index contributed by atoms with van der Waals surface area (Å²) in [6.45, 7) is 0.693. The van der Waals surface area contributed by atoms with Gasteiger partial charge >= 0.3 is 0 Å². The lowest BCUT2D eigenvalue weighted by atomic mass is 10.1. The Hall–Kier alpha value is -3.84. The second kappa shape index (κ2) is 10.4. The number of anilines is 1. The van der Waals surface area contributed by atoms with Crippen LogP contribution in [0.25, 0.3) is 10.8 Å². The van der Waals surface area contributed by atoms with E-state index < -0.39 is 10.0 Å². The summed E-state index contributed by atoms with van der Waals surface area (Å²) in [6.07, 6.45) is 1.14. The van der Waals surface area contributed by atoms with Crippen LogP contribution >= 0.6 is 0 Å². The van der Waals surface area contributed by atoms with Crippen LogP contribution in [0.5, 0.6) is 5.75 Å². The largest absolute Gasteiger partial charge is 0.492 e. The molecule has 1 N–H and O–H groups in total. The second-order valence-electron chi connectivity index (χ2n) is 7.89. The topological polar surface area (TPSA) is 75.7 Å². The molecule has 4 aromatic carbocycles. The number of sulfonamides is 1. The summed E-state index contributed by atoms with van der Waals surface area (Å²) >= 11 is 0. The Labute approximate surface area is 199 Å². The third-order valence-electron chi connectivity index (χ3n) is 5.36. The zero-order valence-corrected chi connectivity index (χ0v) is 19.7. The molecule has 174 valence electrons. The Bertz CT molecular complexity index is 1390. The number of nitrogens with zero attached hydrogens (tertiary/aromatic N) is 1. The van der Waals surface area contributed by atoms with E-state index in [-0.39, 0.29) is 31.2 Å². The van der Waals surface area contributed by atoms with Crippen molar-refractivity contribution in [3.63, 3.8) is 0 Å². The van der Waals surface area contributed by atoms with E-state index in [1.807, 2.05) is 72.8 Å². The average Bonchev–Trinajstić information content (AvgIpc) is 2.85. The highest BCUT2D eigenvalue weighted by Crippen LogP contribution is 2.25. The fourth-order valence-electron chi connectivity index (χ4n) is 3.70. The molecule has 4 rings (SSSR count). The normalized spacial score (nSPS) is 11.2. The van der Waals surface area contributed by atoms with Crippen molar-refractivity contribution in [1.29, 1.82) is 0 Å². The molecule has 0 aromatic heterocycles. The lowest BCUT2D eigenvalue weighted by Crippen LogP contribution is -2.33. The maximum absolute atomic E-state index is 12.9. The van der Waals surface area contributed by atoms with Crippen molar-refractivity contribution in [3.8, 4) is 5.75 Å². The van der Waals surface area contributed by atoms with E-state index in [1.54, 1.807) is 24.3 Å². The Morgan fingerprint density at radius 1 is 0.853 bits per heavy atom. The highest BCUT2D eigenvalue weighted by Gasteiger charge is 2.23. The molecule has 0 aliphatic carbocycles.